The number of benzene rings is 1. The minimum absolute atomic E-state index is 0.0763. The molecule has 0 aliphatic carbocycles. The van der Waals surface area contributed by atoms with E-state index in [1.807, 2.05) is 6.07 Å². The second-order valence-electron chi connectivity index (χ2n) is 4.93. The number of aliphatic imine (C=N–C) groups is 1. The molecule has 0 spiro atoms. The van der Waals surface area contributed by atoms with Crippen molar-refractivity contribution in [3.8, 4) is 11.5 Å². The molecule has 7 heteroatoms. The SMILES string of the molecule is CCCc1cc(C2=NN3C(=O)CN=C3O2)c(OC)cc1OC. The van der Waals surface area contributed by atoms with Crippen LogP contribution in [-0.2, 0) is 16.0 Å². The van der Waals surface area contributed by atoms with E-state index in [1.165, 1.54) is 5.01 Å². The van der Waals surface area contributed by atoms with Crippen molar-refractivity contribution in [2.75, 3.05) is 20.8 Å². The summed E-state index contributed by atoms with van der Waals surface area (Å²) in [6.07, 6.45) is 1.84. The average molecular weight is 303 g/mol. The molecular weight excluding hydrogens is 286 g/mol. The van der Waals surface area contributed by atoms with E-state index in [4.69, 9.17) is 14.2 Å². The molecule has 2 aliphatic heterocycles. The second kappa shape index (κ2) is 5.67. The fourth-order valence-electron chi connectivity index (χ4n) is 2.45. The van der Waals surface area contributed by atoms with Crippen molar-refractivity contribution in [1.82, 2.24) is 5.01 Å². The van der Waals surface area contributed by atoms with Gasteiger partial charge in [0, 0.05) is 6.07 Å². The highest BCUT2D eigenvalue weighted by molar-refractivity contribution is 6.13. The van der Waals surface area contributed by atoms with Gasteiger partial charge < -0.3 is 14.2 Å². The predicted octanol–water partition coefficient (Wildman–Crippen LogP) is 1.55. The molecule has 0 radical (unpaired) electrons. The summed E-state index contributed by atoms with van der Waals surface area (Å²) in [5, 5.41) is 5.37. The first-order valence-corrected chi connectivity index (χ1v) is 7.07. The molecule has 0 saturated heterocycles. The molecular formula is C15H17N3O4. The van der Waals surface area contributed by atoms with Crippen molar-refractivity contribution >= 4 is 17.8 Å². The number of aryl methyl sites for hydroxylation is 1. The van der Waals surface area contributed by atoms with E-state index < -0.39 is 0 Å². The number of carbonyl (C=O) groups is 1. The Morgan fingerprint density at radius 2 is 2.05 bits per heavy atom. The van der Waals surface area contributed by atoms with Gasteiger partial charge >= 0.3 is 6.02 Å². The highest BCUT2D eigenvalue weighted by Crippen LogP contribution is 2.32. The number of hydrogen-bond donors (Lipinski definition) is 0. The molecule has 3 rings (SSSR count). The number of nitrogens with zero attached hydrogens (tertiary/aromatic N) is 3. The summed E-state index contributed by atoms with van der Waals surface area (Å²) in [5.41, 5.74) is 1.71. The number of methoxy groups -OCH3 is 2. The van der Waals surface area contributed by atoms with Crippen molar-refractivity contribution in [2.24, 2.45) is 10.1 Å². The Bertz CT molecular complexity index is 682. The van der Waals surface area contributed by atoms with E-state index in [0.29, 0.717) is 17.2 Å². The lowest BCUT2D eigenvalue weighted by atomic mass is 10.0. The zero-order valence-electron chi connectivity index (χ0n) is 12.8. The van der Waals surface area contributed by atoms with Crippen LogP contribution in [0.15, 0.2) is 22.2 Å². The first kappa shape index (κ1) is 14.4. The molecule has 0 saturated carbocycles. The quantitative estimate of drug-likeness (QED) is 0.827. The summed E-state index contributed by atoms with van der Waals surface area (Å²) in [5.74, 6) is 1.44. The summed E-state index contributed by atoms with van der Waals surface area (Å²) in [4.78, 5) is 15.6. The molecule has 0 bridgehead atoms. The Labute approximate surface area is 128 Å². The number of hydrogen-bond acceptors (Lipinski definition) is 6. The summed E-state index contributed by atoms with van der Waals surface area (Å²) in [6.45, 7) is 2.17. The van der Waals surface area contributed by atoms with Gasteiger partial charge in [0.25, 0.3) is 11.8 Å². The lowest BCUT2D eigenvalue weighted by Crippen LogP contribution is -2.23. The van der Waals surface area contributed by atoms with E-state index in [-0.39, 0.29) is 18.5 Å². The third-order valence-corrected chi connectivity index (χ3v) is 3.50. The fourth-order valence-corrected chi connectivity index (χ4v) is 2.45. The number of amides is 1. The van der Waals surface area contributed by atoms with Crippen LogP contribution in [0.3, 0.4) is 0 Å². The molecule has 1 aromatic carbocycles. The monoisotopic (exact) mass is 303 g/mol. The molecule has 1 aromatic rings. The van der Waals surface area contributed by atoms with Gasteiger partial charge in [-0.2, -0.15) is 0 Å². The van der Waals surface area contributed by atoms with E-state index in [0.717, 1.165) is 24.2 Å². The maximum absolute atomic E-state index is 11.6. The lowest BCUT2D eigenvalue weighted by Gasteiger charge is -2.13. The normalized spacial score (nSPS) is 16.1. The largest absolute Gasteiger partial charge is 0.496 e. The van der Waals surface area contributed by atoms with Crippen LogP contribution < -0.4 is 9.47 Å². The van der Waals surface area contributed by atoms with E-state index in [1.54, 1.807) is 20.3 Å². The van der Waals surface area contributed by atoms with Crippen LogP contribution in [0.5, 0.6) is 11.5 Å². The Morgan fingerprint density at radius 3 is 2.68 bits per heavy atom. The van der Waals surface area contributed by atoms with Crippen molar-refractivity contribution < 1.29 is 19.0 Å². The van der Waals surface area contributed by atoms with E-state index in [9.17, 15) is 4.79 Å². The predicted molar refractivity (Wildman–Crippen MR) is 80.3 cm³/mol. The fraction of sp³-hybridized carbons (Fsp3) is 0.400. The summed E-state index contributed by atoms with van der Waals surface area (Å²) in [6, 6.07) is 3.95. The second-order valence-corrected chi connectivity index (χ2v) is 4.93. The summed E-state index contributed by atoms with van der Waals surface area (Å²) < 4.78 is 16.4. The van der Waals surface area contributed by atoms with E-state index in [2.05, 4.69) is 17.0 Å². The van der Waals surface area contributed by atoms with Crippen LogP contribution in [0.25, 0.3) is 0 Å². The van der Waals surface area contributed by atoms with Gasteiger partial charge in [-0.25, -0.2) is 4.99 Å². The van der Waals surface area contributed by atoms with Gasteiger partial charge in [0.15, 0.2) is 0 Å². The highest BCUT2D eigenvalue weighted by Gasteiger charge is 2.36. The summed E-state index contributed by atoms with van der Waals surface area (Å²) >= 11 is 0. The Kier molecular flexibility index (Phi) is 3.70. The summed E-state index contributed by atoms with van der Waals surface area (Å²) in [7, 11) is 3.19. The molecule has 22 heavy (non-hydrogen) atoms. The number of hydrazone groups is 1. The molecule has 0 aromatic heterocycles. The van der Waals surface area contributed by atoms with Crippen LogP contribution in [0, 0.1) is 0 Å². The minimum Gasteiger partial charge on any atom is -0.496 e. The van der Waals surface area contributed by atoms with Crippen LogP contribution in [-0.4, -0.2) is 43.6 Å². The number of carbonyl (C=O) groups excluding carboxylic acids is 1. The number of amidine groups is 1. The first-order chi connectivity index (χ1) is 10.7. The Hall–Kier alpha value is -2.57. The molecule has 7 nitrogen and oxygen atoms in total. The molecule has 0 unspecified atom stereocenters. The molecule has 0 N–H and O–H groups in total. The van der Waals surface area contributed by atoms with Crippen LogP contribution in [0.4, 0.5) is 0 Å². The number of ether oxygens (including phenoxy) is 3. The smallest absolute Gasteiger partial charge is 0.323 e. The van der Waals surface area contributed by atoms with Gasteiger partial charge in [-0.05, 0) is 18.1 Å². The molecule has 1 amide bonds. The average Bonchev–Trinajstić information content (AvgIpc) is 3.09. The van der Waals surface area contributed by atoms with Crippen LogP contribution in [0.2, 0.25) is 0 Å². The van der Waals surface area contributed by atoms with Gasteiger partial charge in [0.2, 0.25) is 0 Å². The van der Waals surface area contributed by atoms with Crippen molar-refractivity contribution in [1.29, 1.82) is 0 Å². The van der Waals surface area contributed by atoms with Gasteiger partial charge in [-0.1, -0.05) is 13.3 Å². The Morgan fingerprint density at radius 1 is 1.27 bits per heavy atom. The van der Waals surface area contributed by atoms with Crippen molar-refractivity contribution in [3.63, 3.8) is 0 Å². The van der Waals surface area contributed by atoms with Gasteiger partial charge in [-0.3, -0.25) is 4.79 Å². The lowest BCUT2D eigenvalue weighted by molar-refractivity contribution is -0.124. The minimum atomic E-state index is -0.203. The highest BCUT2D eigenvalue weighted by atomic mass is 16.5. The maximum Gasteiger partial charge on any atom is 0.323 e. The van der Waals surface area contributed by atoms with Gasteiger partial charge in [0.05, 0.1) is 19.8 Å². The van der Waals surface area contributed by atoms with Crippen molar-refractivity contribution in [3.05, 3.63) is 23.3 Å². The topological polar surface area (TPSA) is 72.7 Å². The molecule has 0 atom stereocenters. The van der Waals surface area contributed by atoms with Crippen LogP contribution in [0.1, 0.15) is 24.5 Å². The number of fused-ring (bicyclic) bond motifs is 1. The van der Waals surface area contributed by atoms with Gasteiger partial charge in [0.1, 0.15) is 18.0 Å². The third-order valence-electron chi connectivity index (χ3n) is 3.50. The first-order valence-electron chi connectivity index (χ1n) is 7.07. The van der Waals surface area contributed by atoms with Crippen molar-refractivity contribution in [2.45, 2.75) is 19.8 Å². The molecule has 2 aliphatic rings. The maximum atomic E-state index is 11.6. The standard InChI is InChI=1S/C15H17N3O4/c1-4-5-9-6-10(12(21-3)7-11(9)20-2)14-17-18-13(19)8-16-15(18)22-14/h6-7H,4-5,8H2,1-3H3. The van der Waals surface area contributed by atoms with E-state index >= 15 is 0 Å². The zero-order valence-corrected chi connectivity index (χ0v) is 12.8. The molecule has 2 heterocycles. The van der Waals surface area contributed by atoms with Crippen LogP contribution >= 0.6 is 0 Å². The van der Waals surface area contributed by atoms with Gasteiger partial charge in [-0.15, -0.1) is 10.1 Å². The third kappa shape index (κ3) is 2.28. The molecule has 0 fully saturated rings. The molecule has 116 valence electrons. The zero-order chi connectivity index (χ0) is 15.7. The number of rotatable bonds is 5. The Balaban J connectivity index is 2.03.